The highest BCUT2D eigenvalue weighted by molar-refractivity contribution is 5.69. The average molecular weight is 171 g/mol. The van der Waals surface area contributed by atoms with Gasteiger partial charge in [-0.3, -0.25) is 4.79 Å². The van der Waals surface area contributed by atoms with Crippen molar-refractivity contribution in [3.05, 3.63) is 12.2 Å². The molecule has 0 bridgehead atoms. The molecule has 0 rings (SSSR count). The molecule has 1 atom stereocenters. The standard InChI is InChI=1S/C9H17NO2/c1-7(2)3-4-8(5-6-10)9(11)12/h8H,1,3-6,10H2,2H3,(H,11,12). The molecule has 0 aliphatic carbocycles. The van der Waals surface area contributed by atoms with Gasteiger partial charge >= 0.3 is 5.97 Å². The van der Waals surface area contributed by atoms with Gasteiger partial charge in [-0.15, -0.1) is 6.58 Å². The molecule has 3 N–H and O–H groups in total. The first kappa shape index (κ1) is 11.2. The Hall–Kier alpha value is -0.830. The lowest BCUT2D eigenvalue weighted by atomic mass is 9.98. The smallest absolute Gasteiger partial charge is 0.306 e. The molecule has 0 saturated carbocycles. The average Bonchev–Trinajstić information content (AvgIpc) is 1.96. The molecule has 0 aliphatic rings. The minimum absolute atomic E-state index is 0.299. The molecule has 0 aromatic carbocycles. The van der Waals surface area contributed by atoms with Gasteiger partial charge in [-0.05, 0) is 32.7 Å². The Kier molecular flexibility index (Phi) is 5.37. The summed E-state index contributed by atoms with van der Waals surface area (Å²) in [6.07, 6.45) is 1.99. The van der Waals surface area contributed by atoms with Crippen molar-refractivity contribution >= 4 is 5.97 Å². The lowest BCUT2D eigenvalue weighted by Crippen LogP contribution is -2.17. The number of carboxylic acid groups (broad SMARTS) is 1. The minimum atomic E-state index is -0.748. The molecular weight excluding hydrogens is 154 g/mol. The van der Waals surface area contributed by atoms with Gasteiger partial charge in [0.05, 0.1) is 5.92 Å². The van der Waals surface area contributed by atoms with Crippen LogP contribution in [0.5, 0.6) is 0 Å². The maximum Gasteiger partial charge on any atom is 0.306 e. The molecule has 0 aliphatic heterocycles. The van der Waals surface area contributed by atoms with E-state index in [1.54, 1.807) is 0 Å². The number of hydrogen-bond acceptors (Lipinski definition) is 2. The predicted octanol–water partition coefficient (Wildman–Crippen LogP) is 1.39. The second-order valence-corrected chi connectivity index (χ2v) is 3.11. The van der Waals surface area contributed by atoms with E-state index >= 15 is 0 Å². The first-order chi connectivity index (χ1) is 5.57. The van der Waals surface area contributed by atoms with Gasteiger partial charge in [-0.25, -0.2) is 0 Å². The van der Waals surface area contributed by atoms with Crippen LogP contribution in [0.4, 0.5) is 0 Å². The largest absolute Gasteiger partial charge is 0.481 e. The lowest BCUT2D eigenvalue weighted by molar-refractivity contribution is -0.142. The van der Waals surface area contributed by atoms with Crippen LogP contribution >= 0.6 is 0 Å². The number of hydrogen-bond donors (Lipinski definition) is 2. The van der Waals surface area contributed by atoms with Gasteiger partial charge in [0.25, 0.3) is 0 Å². The highest BCUT2D eigenvalue weighted by atomic mass is 16.4. The maximum atomic E-state index is 10.6. The van der Waals surface area contributed by atoms with E-state index in [1.165, 1.54) is 0 Å². The second-order valence-electron chi connectivity index (χ2n) is 3.11. The highest BCUT2D eigenvalue weighted by Crippen LogP contribution is 2.13. The van der Waals surface area contributed by atoms with Crippen molar-refractivity contribution in [2.24, 2.45) is 11.7 Å². The number of aliphatic carboxylic acids is 1. The fraction of sp³-hybridized carbons (Fsp3) is 0.667. The molecule has 0 radical (unpaired) electrons. The van der Waals surface area contributed by atoms with E-state index in [0.717, 1.165) is 12.0 Å². The van der Waals surface area contributed by atoms with E-state index in [-0.39, 0.29) is 5.92 Å². The number of rotatable bonds is 6. The van der Waals surface area contributed by atoms with Crippen LogP contribution in [0, 0.1) is 5.92 Å². The van der Waals surface area contributed by atoms with Crippen molar-refractivity contribution < 1.29 is 9.90 Å². The summed E-state index contributed by atoms with van der Waals surface area (Å²) in [5.41, 5.74) is 6.31. The molecule has 3 heteroatoms. The van der Waals surface area contributed by atoms with Crippen molar-refractivity contribution in [1.82, 2.24) is 0 Å². The zero-order valence-electron chi connectivity index (χ0n) is 7.55. The van der Waals surface area contributed by atoms with Crippen LogP contribution in [0.3, 0.4) is 0 Å². The fourth-order valence-corrected chi connectivity index (χ4v) is 1.01. The molecule has 0 aromatic heterocycles. The summed E-state index contributed by atoms with van der Waals surface area (Å²) in [6.45, 7) is 6.06. The van der Waals surface area contributed by atoms with Crippen molar-refractivity contribution in [3.8, 4) is 0 Å². The summed E-state index contributed by atoms with van der Waals surface area (Å²) < 4.78 is 0. The van der Waals surface area contributed by atoms with Gasteiger partial charge < -0.3 is 10.8 Å². The van der Waals surface area contributed by atoms with Crippen LogP contribution in [0.1, 0.15) is 26.2 Å². The molecule has 0 spiro atoms. The third-order valence-electron chi connectivity index (χ3n) is 1.78. The number of carboxylic acids is 1. The molecule has 12 heavy (non-hydrogen) atoms. The van der Waals surface area contributed by atoms with Crippen LogP contribution in [-0.2, 0) is 4.79 Å². The van der Waals surface area contributed by atoms with Crippen LogP contribution in [0.25, 0.3) is 0 Å². The molecule has 0 saturated heterocycles. The van der Waals surface area contributed by atoms with E-state index in [0.29, 0.717) is 19.4 Å². The van der Waals surface area contributed by atoms with Crippen molar-refractivity contribution in [2.75, 3.05) is 6.54 Å². The van der Waals surface area contributed by atoms with Crippen LogP contribution < -0.4 is 5.73 Å². The van der Waals surface area contributed by atoms with Crippen molar-refractivity contribution in [2.45, 2.75) is 26.2 Å². The topological polar surface area (TPSA) is 63.3 Å². The second kappa shape index (κ2) is 5.77. The molecule has 1 unspecified atom stereocenters. The molecular formula is C9H17NO2. The van der Waals surface area contributed by atoms with Gasteiger partial charge in [-0.1, -0.05) is 5.57 Å². The fourth-order valence-electron chi connectivity index (χ4n) is 1.01. The van der Waals surface area contributed by atoms with E-state index in [2.05, 4.69) is 6.58 Å². The van der Waals surface area contributed by atoms with E-state index in [1.807, 2.05) is 6.92 Å². The quantitative estimate of drug-likeness (QED) is 0.594. The Morgan fingerprint density at radius 2 is 2.17 bits per heavy atom. The molecule has 3 nitrogen and oxygen atoms in total. The molecule has 70 valence electrons. The molecule has 0 amide bonds. The van der Waals surface area contributed by atoms with Crippen LogP contribution in [0.2, 0.25) is 0 Å². The minimum Gasteiger partial charge on any atom is -0.481 e. The zero-order chi connectivity index (χ0) is 9.56. The number of allylic oxidation sites excluding steroid dienone is 1. The number of carbonyl (C=O) groups is 1. The Labute approximate surface area is 73.3 Å². The Balaban J connectivity index is 3.79. The van der Waals surface area contributed by atoms with Crippen LogP contribution in [-0.4, -0.2) is 17.6 Å². The Morgan fingerprint density at radius 1 is 1.58 bits per heavy atom. The van der Waals surface area contributed by atoms with Gasteiger partial charge in [0.2, 0.25) is 0 Å². The molecule has 0 aromatic rings. The van der Waals surface area contributed by atoms with E-state index in [4.69, 9.17) is 10.8 Å². The maximum absolute atomic E-state index is 10.6. The van der Waals surface area contributed by atoms with E-state index < -0.39 is 5.97 Å². The van der Waals surface area contributed by atoms with Gasteiger partial charge in [0, 0.05) is 0 Å². The predicted molar refractivity (Wildman–Crippen MR) is 48.8 cm³/mol. The summed E-state index contributed by atoms with van der Waals surface area (Å²) >= 11 is 0. The van der Waals surface area contributed by atoms with E-state index in [9.17, 15) is 4.79 Å². The summed E-state index contributed by atoms with van der Waals surface area (Å²) in [5.74, 6) is -1.05. The first-order valence-electron chi connectivity index (χ1n) is 4.15. The number of nitrogens with two attached hydrogens (primary N) is 1. The summed E-state index contributed by atoms with van der Waals surface area (Å²) in [7, 11) is 0. The first-order valence-corrected chi connectivity index (χ1v) is 4.15. The highest BCUT2D eigenvalue weighted by Gasteiger charge is 2.15. The third-order valence-corrected chi connectivity index (χ3v) is 1.78. The normalized spacial score (nSPS) is 12.5. The van der Waals surface area contributed by atoms with Crippen molar-refractivity contribution in [1.29, 1.82) is 0 Å². The summed E-state index contributed by atoms with van der Waals surface area (Å²) in [6, 6.07) is 0. The summed E-state index contributed by atoms with van der Waals surface area (Å²) in [4.78, 5) is 10.6. The Morgan fingerprint density at radius 3 is 2.50 bits per heavy atom. The van der Waals surface area contributed by atoms with Crippen molar-refractivity contribution in [3.63, 3.8) is 0 Å². The van der Waals surface area contributed by atoms with Gasteiger partial charge in [0.1, 0.15) is 0 Å². The monoisotopic (exact) mass is 171 g/mol. The Bertz CT molecular complexity index is 166. The van der Waals surface area contributed by atoms with Crippen LogP contribution in [0.15, 0.2) is 12.2 Å². The third kappa shape index (κ3) is 4.91. The molecule has 0 heterocycles. The zero-order valence-corrected chi connectivity index (χ0v) is 7.55. The lowest BCUT2D eigenvalue weighted by Gasteiger charge is -2.09. The summed E-state index contributed by atoms with van der Waals surface area (Å²) in [5, 5.41) is 8.73. The van der Waals surface area contributed by atoms with Gasteiger partial charge in [0.15, 0.2) is 0 Å². The molecule has 0 fully saturated rings. The SMILES string of the molecule is C=C(C)CCC(CCN)C(=O)O. The van der Waals surface area contributed by atoms with Gasteiger partial charge in [-0.2, -0.15) is 0 Å².